The Hall–Kier alpha value is -4.36. The molecule has 16 heteroatoms. The summed E-state index contributed by atoms with van der Waals surface area (Å²) in [6.07, 6.45) is -3.34. The van der Waals surface area contributed by atoms with Crippen LogP contribution in [0.5, 0.6) is 6.01 Å². The molecule has 4 atom stereocenters. The molecule has 6 heterocycles. The predicted octanol–water partition coefficient (Wildman–Crippen LogP) is 6.42. The maximum Gasteiger partial charge on any atom is 0.417 e. The van der Waals surface area contributed by atoms with Crippen molar-refractivity contribution < 1.29 is 35.9 Å². The molecule has 4 aromatic rings. The summed E-state index contributed by atoms with van der Waals surface area (Å²) < 4.78 is 97.6. The summed E-state index contributed by atoms with van der Waals surface area (Å²) in [5, 5.41) is 9.26. The summed E-state index contributed by atoms with van der Waals surface area (Å²) in [6, 6.07) is 3.75. The van der Waals surface area contributed by atoms with Crippen molar-refractivity contribution in [1.29, 1.82) is 5.26 Å². The van der Waals surface area contributed by atoms with Crippen LogP contribution in [0.4, 0.5) is 37.2 Å². The van der Waals surface area contributed by atoms with E-state index in [1.165, 1.54) is 6.92 Å². The highest BCUT2D eigenvalue weighted by Gasteiger charge is 2.50. The molecular weight excluding hydrogens is 684 g/mol. The van der Waals surface area contributed by atoms with Crippen LogP contribution < -0.4 is 15.4 Å². The van der Waals surface area contributed by atoms with Crippen molar-refractivity contribution in [1.82, 2.24) is 19.8 Å². The maximum atomic E-state index is 17.1. The lowest BCUT2D eigenvalue weighted by Gasteiger charge is -2.31. The van der Waals surface area contributed by atoms with Gasteiger partial charge in [0.1, 0.15) is 41.0 Å². The van der Waals surface area contributed by atoms with Crippen LogP contribution in [-0.2, 0) is 11.0 Å². The van der Waals surface area contributed by atoms with Gasteiger partial charge in [0.2, 0.25) is 5.91 Å². The molecule has 4 saturated heterocycles. The highest BCUT2D eigenvalue weighted by atomic mass is 32.1. The predicted molar refractivity (Wildman–Crippen MR) is 174 cm³/mol. The zero-order valence-corrected chi connectivity index (χ0v) is 27.6. The molecule has 0 bridgehead atoms. The Morgan fingerprint density at radius 2 is 1.96 bits per heavy atom. The number of nitrogens with two attached hydrogens (primary N) is 1. The van der Waals surface area contributed by atoms with Crippen LogP contribution in [0.25, 0.3) is 32.1 Å². The number of fused-ring (bicyclic) bond motifs is 4. The van der Waals surface area contributed by atoms with Gasteiger partial charge in [-0.25, -0.2) is 13.2 Å². The monoisotopic (exact) mass is 715 g/mol. The van der Waals surface area contributed by atoms with E-state index in [1.54, 1.807) is 9.80 Å². The van der Waals surface area contributed by atoms with Gasteiger partial charge in [0.15, 0.2) is 5.82 Å². The number of aromatic nitrogens is 2. The van der Waals surface area contributed by atoms with Gasteiger partial charge >= 0.3 is 12.2 Å². The molecule has 4 aliphatic rings. The van der Waals surface area contributed by atoms with Crippen LogP contribution in [0.1, 0.15) is 50.2 Å². The third-order valence-corrected chi connectivity index (χ3v) is 11.9. The minimum Gasteiger partial charge on any atom is -0.461 e. The Kier molecular flexibility index (Phi) is 7.61. The first kappa shape index (κ1) is 32.8. The van der Waals surface area contributed by atoms with Crippen molar-refractivity contribution in [2.75, 3.05) is 43.4 Å². The van der Waals surface area contributed by atoms with Crippen LogP contribution >= 0.6 is 11.3 Å². The van der Waals surface area contributed by atoms with Crippen LogP contribution in [0, 0.1) is 23.0 Å². The van der Waals surface area contributed by atoms with Crippen LogP contribution in [0.2, 0.25) is 0 Å². The van der Waals surface area contributed by atoms with E-state index in [2.05, 4.69) is 9.97 Å². The normalized spacial score (nSPS) is 25.1. The first-order valence-electron chi connectivity index (χ1n) is 16.4. The average molecular weight is 716 g/mol. The summed E-state index contributed by atoms with van der Waals surface area (Å²) in [4.78, 5) is 26.8. The lowest BCUT2D eigenvalue weighted by atomic mass is 9.92. The number of hydrogen-bond acceptors (Lipinski definition) is 9. The quantitative estimate of drug-likeness (QED) is 0.236. The molecule has 0 spiro atoms. The van der Waals surface area contributed by atoms with Gasteiger partial charge in [0.25, 0.3) is 0 Å². The largest absolute Gasteiger partial charge is 0.461 e. The second kappa shape index (κ2) is 11.6. The summed E-state index contributed by atoms with van der Waals surface area (Å²) in [7, 11) is 0. The Morgan fingerprint density at radius 1 is 1.18 bits per heavy atom. The molecule has 0 radical (unpaired) electrons. The van der Waals surface area contributed by atoms with E-state index in [-0.39, 0.29) is 81.0 Å². The van der Waals surface area contributed by atoms with Crippen molar-refractivity contribution in [3.05, 3.63) is 41.0 Å². The molecule has 2 unspecified atom stereocenters. The summed E-state index contributed by atoms with van der Waals surface area (Å²) in [5.41, 5.74) is 1.98. The summed E-state index contributed by atoms with van der Waals surface area (Å²) >= 11 is 0.686. The smallest absolute Gasteiger partial charge is 0.417 e. The van der Waals surface area contributed by atoms with E-state index < -0.39 is 46.2 Å². The van der Waals surface area contributed by atoms with E-state index >= 15 is 17.6 Å². The van der Waals surface area contributed by atoms with Crippen molar-refractivity contribution in [2.24, 2.45) is 0 Å². The standard InChI is InChI=1S/C34H31F6N7O2S/c1-16(48)46-9-5-24-23(46)6-10-47(24)31-19-11-21(34(38,39)40)26(18-3-4-22(36)29-25(18)20(13-41)30(42)50-29)27(37)28(19)43-32(44-31)49-15-33-7-2-8-45(33)14-17(35)12-33/h3-4,11,17,23-24H,2,5-10,12,14-15,42H2,1H3/t17-,23?,24?,33+/m1/s1. The number of anilines is 2. The first-order chi connectivity index (χ1) is 23.8. The fourth-order valence-electron chi connectivity index (χ4n) is 8.76. The van der Waals surface area contributed by atoms with E-state index in [0.29, 0.717) is 50.2 Å². The number of nitrogen functional groups attached to an aromatic ring is 1. The molecule has 9 nitrogen and oxygen atoms in total. The number of thiophene rings is 1. The van der Waals surface area contributed by atoms with Crippen molar-refractivity contribution in [3.8, 4) is 23.2 Å². The third kappa shape index (κ3) is 4.95. The topological polar surface area (TPSA) is 112 Å². The molecule has 4 fully saturated rings. The third-order valence-electron chi connectivity index (χ3n) is 10.9. The molecule has 2 aromatic carbocycles. The first-order valence-corrected chi connectivity index (χ1v) is 17.2. The number of rotatable bonds is 5. The zero-order valence-electron chi connectivity index (χ0n) is 26.8. The van der Waals surface area contributed by atoms with Gasteiger partial charge in [-0.05, 0) is 49.9 Å². The summed E-state index contributed by atoms with van der Waals surface area (Å²) in [5.74, 6) is -2.27. The second-order valence-corrected chi connectivity index (χ2v) is 14.6. The van der Waals surface area contributed by atoms with Gasteiger partial charge in [-0.3, -0.25) is 9.69 Å². The number of benzene rings is 2. The highest BCUT2D eigenvalue weighted by molar-refractivity contribution is 7.23. The molecule has 4 aliphatic heterocycles. The minimum atomic E-state index is -5.10. The Morgan fingerprint density at radius 3 is 2.70 bits per heavy atom. The van der Waals surface area contributed by atoms with Gasteiger partial charge in [0, 0.05) is 49.3 Å². The van der Waals surface area contributed by atoms with Gasteiger partial charge in [-0.15, -0.1) is 11.3 Å². The molecule has 50 heavy (non-hydrogen) atoms. The molecule has 2 aromatic heterocycles. The van der Waals surface area contributed by atoms with Crippen LogP contribution in [-0.4, -0.2) is 82.3 Å². The number of carbonyl (C=O) groups is 1. The molecular formula is C34H31F6N7O2S. The number of amides is 1. The number of nitrogens with zero attached hydrogens (tertiary/aromatic N) is 6. The summed E-state index contributed by atoms with van der Waals surface area (Å²) in [6.45, 7) is 3.20. The van der Waals surface area contributed by atoms with Gasteiger partial charge in [-0.2, -0.15) is 28.4 Å². The van der Waals surface area contributed by atoms with Crippen molar-refractivity contribution >= 4 is 49.1 Å². The molecule has 2 N–H and O–H groups in total. The second-order valence-electron chi connectivity index (χ2n) is 13.6. The molecule has 0 saturated carbocycles. The number of hydrogen-bond donors (Lipinski definition) is 1. The zero-order chi connectivity index (χ0) is 35.3. The van der Waals surface area contributed by atoms with E-state index in [1.807, 2.05) is 11.0 Å². The average Bonchev–Trinajstić information content (AvgIpc) is 3.86. The van der Waals surface area contributed by atoms with Gasteiger partial charge in [-0.1, -0.05) is 6.07 Å². The minimum absolute atomic E-state index is 0.00403. The number of carbonyl (C=O) groups excluding carboxylic acids is 1. The maximum absolute atomic E-state index is 17.1. The Balaban J connectivity index is 1.34. The van der Waals surface area contributed by atoms with Gasteiger partial charge in [0.05, 0.1) is 33.4 Å². The number of halogens is 6. The van der Waals surface area contributed by atoms with E-state index in [0.717, 1.165) is 24.6 Å². The fourth-order valence-corrected chi connectivity index (χ4v) is 9.71. The van der Waals surface area contributed by atoms with E-state index in [9.17, 15) is 18.8 Å². The van der Waals surface area contributed by atoms with Crippen LogP contribution in [0.3, 0.4) is 0 Å². The molecule has 1 amide bonds. The van der Waals surface area contributed by atoms with E-state index in [4.69, 9.17) is 10.5 Å². The lowest BCUT2D eigenvalue weighted by Crippen LogP contribution is -2.43. The van der Waals surface area contributed by atoms with Crippen molar-refractivity contribution in [2.45, 2.75) is 69.0 Å². The molecule has 262 valence electrons. The highest BCUT2D eigenvalue weighted by Crippen LogP contribution is 2.49. The Bertz CT molecular complexity index is 2120. The van der Waals surface area contributed by atoms with Crippen LogP contribution in [0.15, 0.2) is 18.2 Å². The van der Waals surface area contributed by atoms with Crippen molar-refractivity contribution in [3.63, 3.8) is 0 Å². The SMILES string of the molecule is CC(=O)N1CCC2C1CCN2c1nc(OC[C@@]23CCCN2C[C@H](F)C3)nc2c(F)c(-c3ccc(F)c4sc(N)c(C#N)c34)c(C(F)(F)F)cc12. The lowest BCUT2D eigenvalue weighted by molar-refractivity contribution is -0.137. The Labute approximate surface area is 286 Å². The molecule has 0 aliphatic carbocycles. The number of ether oxygens (including phenoxy) is 1. The number of nitriles is 1. The number of likely N-dealkylation sites (tertiary alicyclic amines) is 1. The molecule has 8 rings (SSSR count). The van der Waals surface area contributed by atoms with Gasteiger partial charge < -0.3 is 20.3 Å². The number of alkyl halides is 4. The fraction of sp³-hybridized carbons (Fsp3) is 0.471.